The summed E-state index contributed by atoms with van der Waals surface area (Å²) in [6.07, 6.45) is 1.87. The van der Waals surface area contributed by atoms with Gasteiger partial charge in [0.15, 0.2) is 0 Å². The normalized spacial score (nSPS) is 31.5. The summed E-state index contributed by atoms with van der Waals surface area (Å²) in [5, 5.41) is 10.9. The third-order valence-corrected chi connectivity index (χ3v) is 5.70. The monoisotopic (exact) mass is 328 g/mol. The first kappa shape index (κ1) is 15.0. The number of imide groups is 1. The zero-order valence-corrected chi connectivity index (χ0v) is 13.1. The maximum absolute atomic E-state index is 12.8. The van der Waals surface area contributed by atoms with Crippen molar-refractivity contribution in [3.8, 4) is 0 Å². The lowest BCUT2D eigenvalue weighted by Crippen LogP contribution is -2.46. The van der Waals surface area contributed by atoms with Gasteiger partial charge in [-0.2, -0.15) is 0 Å². The third kappa shape index (κ3) is 1.87. The summed E-state index contributed by atoms with van der Waals surface area (Å²) < 4.78 is 0. The van der Waals surface area contributed by atoms with Gasteiger partial charge in [-0.05, 0) is 37.8 Å². The molecule has 1 aliphatic heterocycles. The van der Waals surface area contributed by atoms with Crippen LogP contribution in [0.4, 0.5) is 11.4 Å². The molecule has 0 radical (unpaired) electrons. The van der Waals surface area contributed by atoms with Crippen molar-refractivity contribution in [2.75, 3.05) is 4.90 Å². The van der Waals surface area contributed by atoms with Crippen LogP contribution in [0.25, 0.3) is 0 Å². The number of carbonyl (C=O) groups excluding carboxylic acids is 3. The number of fused-ring (bicyclic) bond motifs is 2. The summed E-state index contributed by atoms with van der Waals surface area (Å²) in [4.78, 5) is 49.4. The number of amides is 2. The molecule has 3 saturated carbocycles. The Hall–Kier alpha value is -2.57. The van der Waals surface area contributed by atoms with Crippen LogP contribution in [0.2, 0.25) is 0 Å². The van der Waals surface area contributed by atoms with E-state index in [-0.39, 0.29) is 35.1 Å². The highest BCUT2D eigenvalue weighted by Crippen LogP contribution is 2.52. The third-order valence-electron chi connectivity index (χ3n) is 5.70. The van der Waals surface area contributed by atoms with Crippen LogP contribution in [0.5, 0.6) is 0 Å². The first-order valence-electron chi connectivity index (χ1n) is 8.05. The molecule has 0 unspecified atom stereocenters. The molecule has 3 aliphatic carbocycles. The van der Waals surface area contributed by atoms with E-state index in [0.29, 0.717) is 24.1 Å². The molecule has 4 fully saturated rings. The molecular formula is C17H16N2O5. The lowest BCUT2D eigenvalue weighted by atomic mass is 9.59. The fourth-order valence-electron chi connectivity index (χ4n) is 4.62. The molecule has 24 heavy (non-hydrogen) atoms. The molecule has 0 spiro atoms. The predicted octanol–water partition coefficient (Wildman–Crippen LogP) is 2.01. The first-order valence-corrected chi connectivity index (χ1v) is 8.05. The molecule has 1 saturated heterocycles. The molecule has 4 aliphatic rings. The SMILES string of the molecule is Cc1cc(N2C(=O)[C@H]3[C@@H]4CC[C@@H](C(=O)C4)[C@H]3C2=O)ccc1[N+](=O)[O-]. The average Bonchev–Trinajstić information content (AvgIpc) is 2.80. The van der Waals surface area contributed by atoms with Crippen LogP contribution in [0.1, 0.15) is 24.8 Å². The molecule has 1 aromatic rings. The van der Waals surface area contributed by atoms with Crippen molar-refractivity contribution in [3.63, 3.8) is 0 Å². The minimum atomic E-state index is -0.548. The maximum atomic E-state index is 12.8. The molecule has 5 rings (SSSR count). The van der Waals surface area contributed by atoms with E-state index in [1.54, 1.807) is 6.92 Å². The lowest BCUT2D eigenvalue weighted by Gasteiger charge is -2.41. The molecule has 0 N–H and O–H groups in total. The van der Waals surface area contributed by atoms with Crippen molar-refractivity contribution < 1.29 is 19.3 Å². The lowest BCUT2D eigenvalue weighted by molar-refractivity contribution is -0.385. The molecule has 0 aromatic heterocycles. The Morgan fingerprint density at radius 1 is 1.12 bits per heavy atom. The van der Waals surface area contributed by atoms with E-state index in [1.807, 2.05) is 0 Å². The Kier molecular flexibility index (Phi) is 3.10. The highest BCUT2D eigenvalue weighted by molar-refractivity contribution is 6.23. The molecule has 7 heteroatoms. The molecule has 1 aromatic carbocycles. The largest absolute Gasteiger partial charge is 0.299 e. The number of hydrogen-bond donors (Lipinski definition) is 0. The second-order valence-corrected chi connectivity index (χ2v) is 6.91. The number of carbonyl (C=O) groups is 3. The fraction of sp³-hybridized carbons (Fsp3) is 0.471. The van der Waals surface area contributed by atoms with Crippen molar-refractivity contribution in [3.05, 3.63) is 33.9 Å². The Bertz CT molecular complexity index is 802. The van der Waals surface area contributed by atoms with Crippen molar-refractivity contribution in [2.45, 2.75) is 26.2 Å². The van der Waals surface area contributed by atoms with Crippen molar-refractivity contribution in [1.82, 2.24) is 0 Å². The summed E-state index contributed by atoms with van der Waals surface area (Å²) in [5.74, 6) is -1.86. The molecule has 2 bridgehead atoms. The molecule has 4 atom stereocenters. The molecule has 2 amide bonds. The van der Waals surface area contributed by atoms with Gasteiger partial charge in [0.05, 0.1) is 22.4 Å². The van der Waals surface area contributed by atoms with Crippen LogP contribution < -0.4 is 4.90 Å². The van der Waals surface area contributed by atoms with Gasteiger partial charge >= 0.3 is 0 Å². The molecule has 7 nitrogen and oxygen atoms in total. The van der Waals surface area contributed by atoms with E-state index >= 15 is 0 Å². The van der Waals surface area contributed by atoms with E-state index in [0.717, 1.165) is 11.3 Å². The second-order valence-electron chi connectivity index (χ2n) is 6.91. The summed E-state index contributed by atoms with van der Waals surface area (Å²) in [6, 6.07) is 4.24. The van der Waals surface area contributed by atoms with Gasteiger partial charge in [0.2, 0.25) is 11.8 Å². The number of nitrogens with zero attached hydrogens (tertiary/aromatic N) is 2. The van der Waals surface area contributed by atoms with Gasteiger partial charge in [0, 0.05) is 24.0 Å². The van der Waals surface area contributed by atoms with Crippen molar-refractivity contribution in [1.29, 1.82) is 0 Å². The number of Topliss-reactive ketones (excluding diaryl/α,β-unsaturated/α-hetero) is 1. The Labute approximate surface area is 137 Å². The van der Waals surface area contributed by atoms with Crippen molar-refractivity contribution >= 4 is 29.0 Å². The summed E-state index contributed by atoms with van der Waals surface area (Å²) in [5.41, 5.74) is 0.701. The number of aryl methyl sites for hydroxylation is 1. The summed E-state index contributed by atoms with van der Waals surface area (Å²) in [6.45, 7) is 1.58. The highest BCUT2D eigenvalue weighted by Gasteiger charge is 2.60. The number of rotatable bonds is 2. The van der Waals surface area contributed by atoms with Crippen LogP contribution in [-0.2, 0) is 14.4 Å². The fourth-order valence-corrected chi connectivity index (χ4v) is 4.62. The number of benzene rings is 1. The number of ketones is 1. The zero-order chi connectivity index (χ0) is 17.2. The van der Waals surface area contributed by atoms with Gasteiger partial charge in [-0.15, -0.1) is 0 Å². The van der Waals surface area contributed by atoms with Gasteiger partial charge in [0.1, 0.15) is 5.78 Å². The Balaban J connectivity index is 1.74. The summed E-state index contributed by atoms with van der Waals surface area (Å²) in [7, 11) is 0. The molecular weight excluding hydrogens is 312 g/mol. The van der Waals surface area contributed by atoms with Crippen LogP contribution in [0.3, 0.4) is 0 Å². The van der Waals surface area contributed by atoms with E-state index < -0.39 is 16.8 Å². The van der Waals surface area contributed by atoms with E-state index in [1.165, 1.54) is 18.2 Å². The van der Waals surface area contributed by atoms with Crippen molar-refractivity contribution in [2.24, 2.45) is 23.7 Å². The predicted molar refractivity (Wildman–Crippen MR) is 83.1 cm³/mol. The number of nitro benzene ring substituents is 1. The van der Waals surface area contributed by atoms with Gasteiger partial charge in [-0.25, -0.2) is 0 Å². The van der Waals surface area contributed by atoms with Crippen LogP contribution in [0, 0.1) is 40.7 Å². The first-order chi connectivity index (χ1) is 11.4. The minimum Gasteiger partial charge on any atom is -0.299 e. The Morgan fingerprint density at radius 2 is 1.83 bits per heavy atom. The second kappa shape index (κ2) is 4.96. The number of nitro groups is 1. The van der Waals surface area contributed by atoms with E-state index in [4.69, 9.17) is 0 Å². The van der Waals surface area contributed by atoms with Crippen LogP contribution >= 0.6 is 0 Å². The Morgan fingerprint density at radius 3 is 2.46 bits per heavy atom. The standard InChI is InChI=1S/C17H16N2O5/c1-8-6-10(3-5-12(8)19(23)24)18-16(21)14-9-2-4-11(13(20)7-9)15(14)17(18)22/h3,5-6,9,11,14-15H,2,4,7H2,1H3/t9-,11+,14+,15-/m1/s1. The van der Waals surface area contributed by atoms with Gasteiger partial charge in [-0.1, -0.05) is 0 Å². The number of anilines is 1. The van der Waals surface area contributed by atoms with Crippen LogP contribution in [0.15, 0.2) is 18.2 Å². The summed E-state index contributed by atoms with van der Waals surface area (Å²) >= 11 is 0. The molecule has 124 valence electrons. The molecule has 1 heterocycles. The zero-order valence-electron chi connectivity index (χ0n) is 13.1. The average molecular weight is 328 g/mol. The van der Waals surface area contributed by atoms with E-state index in [9.17, 15) is 24.5 Å². The van der Waals surface area contributed by atoms with Gasteiger partial charge < -0.3 is 0 Å². The topological polar surface area (TPSA) is 97.6 Å². The smallest absolute Gasteiger partial charge is 0.272 e. The van der Waals surface area contributed by atoms with Crippen LogP contribution in [-0.4, -0.2) is 22.5 Å². The van der Waals surface area contributed by atoms with Gasteiger partial charge in [0.25, 0.3) is 5.69 Å². The quantitative estimate of drug-likeness (QED) is 0.470. The van der Waals surface area contributed by atoms with Gasteiger partial charge in [-0.3, -0.25) is 29.4 Å². The maximum Gasteiger partial charge on any atom is 0.272 e. The van der Waals surface area contributed by atoms with E-state index in [2.05, 4.69) is 0 Å². The number of hydrogen-bond acceptors (Lipinski definition) is 5. The minimum absolute atomic E-state index is 0.0481. The highest BCUT2D eigenvalue weighted by atomic mass is 16.6.